The number of ketones is 1. The summed E-state index contributed by atoms with van der Waals surface area (Å²) in [6.45, 7) is 1.90. The van der Waals surface area contributed by atoms with Crippen LogP contribution in [0.5, 0.6) is 0 Å². The van der Waals surface area contributed by atoms with Crippen LogP contribution >= 0.6 is 11.6 Å². The normalized spacial score (nSPS) is 10.9. The highest BCUT2D eigenvalue weighted by atomic mass is 35.5. The molecule has 2 aromatic heterocycles. The zero-order valence-corrected chi connectivity index (χ0v) is 16.7. The van der Waals surface area contributed by atoms with E-state index in [2.05, 4.69) is 4.98 Å². The van der Waals surface area contributed by atoms with E-state index in [1.165, 1.54) is 41.1 Å². The van der Waals surface area contributed by atoms with E-state index in [4.69, 9.17) is 16.3 Å². The van der Waals surface area contributed by atoms with Crippen molar-refractivity contribution in [3.8, 4) is 11.3 Å². The molecule has 0 saturated heterocycles. The van der Waals surface area contributed by atoms with Crippen molar-refractivity contribution in [3.05, 3.63) is 94.7 Å². The third kappa shape index (κ3) is 3.57. The first-order valence-electron chi connectivity index (χ1n) is 9.23. The number of benzene rings is 2. The number of esters is 1. The Kier molecular flexibility index (Phi) is 5.33. The van der Waals surface area contributed by atoms with Crippen molar-refractivity contribution in [1.82, 2.24) is 9.38 Å². The first-order chi connectivity index (χ1) is 14.5. The highest BCUT2D eigenvalue weighted by Gasteiger charge is 2.22. The van der Waals surface area contributed by atoms with Crippen LogP contribution in [0, 0.1) is 5.82 Å². The lowest BCUT2D eigenvalue weighted by molar-refractivity contribution is 0.0529. The highest BCUT2D eigenvalue weighted by Crippen LogP contribution is 2.29. The zero-order valence-electron chi connectivity index (χ0n) is 15.9. The van der Waals surface area contributed by atoms with E-state index in [0.29, 0.717) is 27.4 Å². The Hall–Kier alpha value is -3.51. The second-order valence-corrected chi connectivity index (χ2v) is 6.92. The van der Waals surface area contributed by atoms with Gasteiger partial charge < -0.3 is 4.74 Å². The molecule has 5 nitrogen and oxygen atoms in total. The number of ether oxygens (including phenoxy) is 1. The van der Waals surface area contributed by atoms with Gasteiger partial charge in [0.2, 0.25) is 5.78 Å². The predicted octanol–water partition coefficient (Wildman–Crippen LogP) is 5.20. The van der Waals surface area contributed by atoms with Crippen molar-refractivity contribution in [2.45, 2.75) is 6.92 Å². The topological polar surface area (TPSA) is 60.7 Å². The number of fused-ring (bicyclic) bond motifs is 1. The fourth-order valence-electron chi connectivity index (χ4n) is 3.21. The van der Waals surface area contributed by atoms with Gasteiger partial charge in [-0.3, -0.25) is 9.20 Å². The number of nitrogens with zero attached hydrogens (tertiary/aromatic N) is 2. The lowest BCUT2D eigenvalue weighted by atomic mass is 10.1. The Morgan fingerprint density at radius 3 is 2.53 bits per heavy atom. The molecule has 30 heavy (non-hydrogen) atoms. The quantitative estimate of drug-likeness (QED) is 0.327. The minimum atomic E-state index is -0.551. The minimum Gasteiger partial charge on any atom is -0.462 e. The predicted molar refractivity (Wildman–Crippen MR) is 111 cm³/mol. The van der Waals surface area contributed by atoms with Gasteiger partial charge in [0.05, 0.1) is 29.1 Å². The van der Waals surface area contributed by atoms with Crippen LogP contribution in [-0.4, -0.2) is 27.7 Å². The summed E-state index contributed by atoms with van der Waals surface area (Å²) in [6.07, 6.45) is 1.47. The van der Waals surface area contributed by atoms with Crippen molar-refractivity contribution in [3.63, 3.8) is 0 Å². The molecule has 2 aromatic carbocycles. The molecule has 150 valence electrons. The minimum absolute atomic E-state index is 0.194. The molecule has 7 heteroatoms. The third-order valence-corrected chi connectivity index (χ3v) is 4.98. The van der Waals surface area contributed by atoms with Crippen LogP contribution < -0.4 is 0 Å². The molecule has 0 unspecified atom stereocenters. The molecule has 0 fully saturated rings. The number of hydrogen-bond acceptors (Lipinski definition) is 4. The van der Waals surface area contributed by atoms with E-state index in [1.807, 2.05) is 18.2 Å². The second kappa shape index (κ2) is 8.08. The van der Waals surface area contributed by atoms with Crippen LogP contribution in [0.2, 0.25) is 5.02 Å². The Labute approximate surface area is 176 Å². The summed E-state index contributed by atoms with van der Waals surface area (Å²) in [5, 5.41) is 0.515. The first kappa shape index (κ1) is 19.8. The monoisotopic (exact) mass is 422 g/mol. The molecule has 0 aliphatic heterocycles. The van der Waals surface area contributed by atoms with Crippen LogP contribution in [0.15, 0.2) is 67.0 Å². The lowest BCUT2D eigenvalue weighted by Gasteiger charge is -2.07. The first-order valence-corrected chi connectivity index (χ1v) is 9.60. The summed E-state index contributed by atoms with van der Waals surface area (Å²) in [7, 11) is 0. The van der Waals surface area contributed by atoms with Crippen LogP contribution in [0.1, 0.15) is 33.3 Å². The molecule has 0 aliphatic rings. The van der Waals surface area contributed by atoms with Gasteiger partial charge >= 0.3 is 5.97 Å². The maximum atomic E-state index is 13.2. The maximum Gasteiger partial charge on any atom is 0.340 e. The van der Waals surface area contributed by atoms with Crippen LogP contribution in [0.3, 0.4) is 0 Å². The number of rotatable bonds is 5. The fourth-order valence-corrected chi connectivity index (χ4v) is 3.44. The molecule has 0 spiro atoms. The van der Waals surface area contributed by atoms with E-state index >= 15 is 0 Å². The number of carbonyl (C=O) groups is 2. The van der Waals surface area contributed by atoms with Crippen molar-refractivity contribution in [2.24, 2.45) is 0 Å². The number of halogens is 2. The Morgan fingerprint density at radius 2 is 1.83 bits per heavy atom. The maximum absolute atomic E-state index is 13.2. The van der Waals surface area contributed by atoms with E-state index in [9.17, 15) is 14.0 Å². The number of carbonyl (C=O) groups excluding carboxylic acids is 2. The van der Waals surface area contributed by atoms with E-state index < -0.39 is 11.8 Å². The fraction of sp³-hybridized carbons (Fsp3) is 0.0870. The standard InChI is InChI=1S/C23H16ClFN2O3/c1-2-30-23(29)17-11-21(22(28)14-7-9-15(25)10-8-14)27-13-26-19(12-20(17)27)16-5-3-4-6-18(16)24/h3-13H,2H2,1H3. The number of aromatic nitrogens is 2. The average Bonchev–Trinajstić information content (AvgIpc) is 3.13. The molecule has 4 aromatic rings. The highest BCUT2D eigenvalue weighted by molar-refractivity contribution is 6.33. The molecule has 2 heterocycles. The largest absolute Gasteiger partial charge is 0.462 e. The summed E-state index contributed by atoms with van der Waals surface area (Å²) >= 11 is 6.29. The second-order valence-electron chi connectivity index (χ2n) is 6.51. The van der Waals surface area contributed by atoms with Crippen molar-refractivity contribution in [2.75, 3.05) is 6.61 Å². The van der Waals surface area contributed by atoms with Gasteiger partial charge in [0.1, 0.15) is 12.1 Å². The van der Waals surface area contributed by atoms with Gasteiger partial charge in [-0.05, 0) is 49.4 Å². The van der Waals surface area contributed by atoms with Crippen LogP contribution in [0.25, 0.3) is 16.8 Å². The van der Waals surface area contributed by atoms with Gasteiger partial charge in [-0.2, -0.15) is 0 Å². The summed E-state index contributed by atoms with van der Waals surface area (Å²) < 4.78 is 19.9. The van der Waals surface area contributed by atoms with Gasteiger partial charge in [-0.1, -0.05) is 29.8 Å². The van der Waals surface area contributed by atoms with Gasteiger partial charge in [0.25, 0.3) is 0 Å². The SMILES string of the molecule is CCOC(=O)c1cc(C(=O)c2ccc(F)cc2)n2cnc(-c3ccccc3Cl)cc12. The Bertz CT molecular complexity index is 1270. The Morgan fingerprint density at radius 1 is 1.10 bits per heavy atom. The molecule has 0 N–H and O–H groups in total. The molecule has 0 atom stereocenters. The Balaban J connectivity index is 1.90. The van der Waals surface area contributed by atoms with E-state index in [0.717, 1.165) is 0 Å². The van der Waals surface area contributed by atoms with Crippen molar-refractivity contribution in [1.29, 1.82) is 0 Å². The molecule has 0 bridgehead atoms. The molecule has 0 saturated carbocycles. The zero-order chi connectivity index (χ0) is 21.3. The molecular formula is C23H16ClFN2O3. The van der Waals surface area contributed by atoms with Gasteiger partial charge in [-0.25, -0.2) is 14.2 Å². The lowest BCUT2D eigenvalue weighted by Crippen LogP contribution is -2.05. The van der Waals surface area contributed by atoms with Gasteiger partial charge in [0.15, 0.2) is 0 Å². The summed E-state index contributed by atoms with van der Waals surface area (Å²) in [4.78, 5) is 30.0. The van der Waals surface area contributed by atoms with Gasteiger partial charge in [-0.15, -0.1) is 0 Å². The summed E-state index contributed by atoms with van der Waals surface area (Å²) in [5.41, 5.74) is 2.46. The van der Waals surface area contributed by atoms with E-state index in [-0.39, 0.29) is 23.6 Å². The smallest absolute Gasteiger partial charge is 0.340 e. The molecular weight excluding hydrogens is 407 g/mol. The summed E-state index contributed by atoms with van der Waals surface area (Å²) in [6, 6.07) is 15.6. The molecule has 0 amide bonds. The van der Waals surface area contributed by atoms with E-state index in [1.54, 1.807) is 19.1 Å². The molecule has 0 radical (unpaired) electrons. The number of hydrogen-bond donors (Lipinski definition) is 0. The van der Waals surface area contributed by atoms with Crippen LogP contribution in [0.4, 0.5) is 4.39 Å². The summed E-state index contributed by atoms with van der Waals surface area (Å²) in [5.74, 6) is -1.36. The van der Waals surface area contributed by atoms with Crippen LogP contribution in [-0.2, 0) is 4.74 Å². The molecule has 4 rings (SSSR count). The van der Waals surface area contributed by atoms with Crippen molar-refractivity contribution < 1.29 is 18.7 Å². The third-order valence-electron chi connectivity index (χ3n) is 4.65. The van der Waals surface area contributed by atoms with Gasteiger partial charge in [0, 0.05) is 16.1 Å². The molecule has 0 aliphatic carbocycles. The average molecular weight is 423 g/mol. The van der Waals surface area contributed by atoms with Crippen molar-refractivity contribution >= 4 is 28.9 Å².